The fourth-order valence-corrected chi connectivity index (χ4v) is 3.24. The Morgan fingerprint density at radius 2 is 1.38 bits per heavy atom. The zero-order chi connectivity index (χ0) is 11.2. The lowest BCUT2D eigenvalue weighted by Crippen LogP contribution is -2.47. The molecular formula is C14H28N2. The maximum Gasteiger partial charge on any atom is 0.00982 e. The number of nitrogens with zero attached hydrogens (tertiary/aromatic N) is 1. The molecule has 0 aromatic carbocycles. The standard InChI is InChI=1S/C14H28N2/c15-11-6-12-16(14-9-5-10-14)13-7-3-1-2-4-8-13/h13-14H,1-12,15H2. The number of nitrogens with two attached hydrogens (primary N) is 1. The van der Waals surface area contributed by atoms with E-state index in [1.165, 1.54) is 70.8 Å². The van der Waals surface area contributed by atoms with Crippen LogP contribution in [-0.2, 0) is 0 Å². The van der Waals surface area contributed by atoms with E-state index in [9.17, 15) is 0 Å². The SMILES string of the molecule is NCCCN(C1CCCCCC1)C1CCC1. The first-order chi connectivity index (χ1) is 7.92. The van der Waals surface area contributed by atoms with Gasteiger partial charge in [-0.3, -0.25) is 4.90 Å². The quantitative estimate of drug-likeness (QED) is 0.728. The Labute approximate surface area is 101 Å². The highest BCUT2D eigenvalue weighted by atomic mass is 15.2. The third-order valence-electron chi connectivity index (χ3n) is 4.46. The van der Waals surface area contributed by atoms with Crippen LogP contribution < -0.4 is 5.73 Å². The second-order valence-corrected chi connectivity index (χ2v) is 5.61. The highest BCUT2D eigenvalue weighted by Gasteiger charge is 2.30. The molecule has 94 valence electrons. The predicted molar refractivity (Wildman–Crippen MR) is 69.5 cm³/mol. The average Bonchev–Trinajstić information content (AvgIpc) is 2.49. The molecule has 0 aliphatic heterocycles. The van der Waals surface area contributed by atoms with Crippen LogP contribution in [0, 0.1) is 0 Å². The van der Waals surface area contributed by atoms with Crippen molar-refractivity contribution in [2.75, 3.05) is 13.1 Å². The number of hydrogen-bond acceptors (Lipinski definition) is 2. The lowest BCUT2D eigenvalue weighted by atomic mass is 9.89. The molecule has 2 heteroatoms. The average molecular weight is 224 g/mol. The summed E-state index contributed by atoms with van der Waals surface area (Å²) in [7, 11) is 0. The van der Waals surface area contributed by atoms with Gasteiger partial charge in [0, 0.05) is 12.1 Å². The van der Waals surface area contributed by atoms with Gasteiger partial charge < -0.3 is 5.73 Å². The minimum absolute atomic E-state index is 0.857. The highest BCUT2D eigenvalue weighted by Crippen LogP contribution is 2.31. The van der Waals surface area contributed by atoms with Gasteiger partial charge in [0.25, 0.3) is 0 Å². The second kappa shape index (κ2) is 6.61. The van der Waals surface area contributed by atoms with Gasteiger partial charge in [0.1, 0.15) is 0 Å². The molecule has 2 fully saturated rings. The van der Waals surface area contributed by atoms with Gasteiger partial charge in [-0.1, -0.05) is 32.1 Å². The molecule has 0 aromatic rings. The van der Waals surface area contributed by atoms with Gasteiger partial charge in [-0.25, -0.2) is 0 Å². The minimum Gasteiger partial charge on any atom is -0.330 e. The molecule has 0 spiro atoms. The molecular weight excluding hydrogens is 196 g/mol. The van der Waals surface area contributed by atoms with Crippen LogP contribution in [-0.4, -0.2) is 30.1 Å². The largest absolute Gasteiger partial charge is 0.330 e. The number of hydrogen-bond donors (Lipinski definition) is 1. The van der Waals surface area contributed by atoms with Crippen molar-refractivity contribution in [3.8, 4) is 0 Å². The van der Waals surface area contributed by atoms with E-state index in [0.717, 1.165) is 18.6 Å². The van der Waals surface area contributed by atoms with E-state index in [4.69, 9.17) is 5.73 Å². The summed E-state index contributed by atoms with van der Waals surface area (Å²) in [5, 5.41) is 0. The molecule has 2 nitrogen and oxygen atoms in total. The highest BCUT2D eigenvalue weighted by molar-refractivity contribution is 4.85. The van der Waals surface area contributed by atoms with Crippen LogP contribution in [0.15, 0.2) is 0 Å². The van der Waals surface area contributed by atoms with Crippen molar-refractivity contribution in [2.45, 2.75) is 76.3 Å². The summed E-state index contributed by atoms with van der Waals surface area (Å²) in [5.41, 5.74) is 5.67. The van der Waals surface area contributed by atoms with Gasteiger partial charge >= 0.3 is 0 Å². The zero-order valence-electron chi connectivity index (χ0n) is 10.7. The lowest BCUT2D eigenvalue weighted by molar-refractivity contribution is 0.0704. The summed E-state index contributed by atoms with van der Waals surface area (Å²) in [4.78, 5) is 2.82. The van der Waals surface area contributed by atoms with Gasteiger partial charge in [0.2, 0.25) is 0 Å². The third-order valence-corrected chi connectivity index (χ3v) is 4.46. The molecule has 2 saturated carbocycles. The Bertz CT molecular complexity index is 181. The summed E-state index contributed by atoms with van der Waals surface area (Å²) < 4.78 is 0. The fourth-order valence-electron chi connectivity index (χ4n) is 3.24. The van der Waals surface area contributed by atoms with E-state index in [1.807, 2.05) is 0 Å². The maximum atomic E-state index is 5.67. The smallest absolute Gasteiger partial charge is 0.00982 e. The third kappa shape index (κ3) is 3.21. The van der Waals surface area contributed by atoms with Gasteiger partial charge in [-0.15, -0.1) is 0 Å². The van der Waals surface area contributed by atoms with E-state index in [0.29, 0.717) is 0 Å². The molecule has 0 bridgehead atoms. The van der Waals surface area contributed by atoms with Crippen molar-refractivity contribution in [2.24, 2.45) is 5.73 Å². The Kier molecular flexibility index (Phi) is 5.11. The molecule has 0 saturated heterocycles. The van der Waals surface area contributed by atoms with E-state index in [-0.39, 0.29) is 0 Å². The van der Waals surface area contributed by atoms with Gasteiger partial charge in [-0.05, 0) is 45.2 Å². The first-order valence-electron chi connectivity index (χ1n) is 7.37. The van der Waals surface area contributed by atoms with Crippen molar-refractivity contribution in [1.82, 2.24) is 4.90 Å². The molecule has 0 amide bonds. The fraction of sp³-hybridized carbons (Fsp3) is 1.00. The van der Waals surface area contributed by atoms with Gasteiger partial charge in [-0.2, -0.15) is 0 Å². The molecule has 0 aromatic heterocycles. The normalized spacial score (nSPS) is 24.4. The van der Waals surface area contributed by atoms with Crippen LogP contribution >= 0.6 is 0 Å². The van der Waals surface area contributed by atoms with Crippen LogP contribution in [0.25, 0.3) is 0 Å². The van der Waals surface area contributed by atoms with Crippen molar-refractivity contribution < 1.29 is 0 Å². The topological polar surface area (TPSA) is 29.3 Å². The monoisotopic (exact) mass is 224 g/mol. The van der Waals surface area contributed by atoms with Crippen molar-refractivity contribution >= 4 is 0 Å². The Morgan fingerprint density at radius 3 is 1.81 bits per heavy atom. The van der Waals surface area contributed by atoms with E-state index < -0.39 is 0 Å². The lowest BCUT2D eigenvalue weighted by Gasteiger charge is -2.42. The van der Waals surface area contributed by atoms with Crippen molar-refractivity contribution in [1.29, 1.82) is 0 Å². The summed E-state index contributed by atoms with van der Waals surface area (Å²) >= 11 is 0. The van der Waals surface area contributed by atoms with E-state index in [2.05, 4.69) is 4.90 Å². The van der Waals surface area contributed by atoms with Crippen LogP contribution in [0.5, 0.6) is 0 Å². The first-order valence-corrected chi connectivity index (χ1v) is 7.37. The molecule has 0 atom stereocenters. The van der Waals surface area contributed by atoms with Crippen molar-refractivity contribution in [3.05, 3.63) is 0 Å². The molecule has 2 N–H and O–H groups in total. The van der Waals surface area contributed by atoms with Crippen LogP contribution in [0.1, 0.15) is 64.2 Å². The summed E-state index contributed by atoms with van der Waals surface area (Å²) in [6, 6.07) is 1.80. The molecule has 2 aliphatic carbocycles. The first kappa shape index (κ1) is 12.4. The Morgan fingerprint density at radius 1 is 0.812 bits per heavy atom. The molecule has 0 heterocycles. The van der Waals surface area contributed by atoms with Gasteiger partial charge in [0.15, 0.2) is 0 Å². The van der Waals surface area contributed by atoms with E-state index >= 15 is 0 Å². The van der Waals surface area contributed by atoms with Gasteiger partial charge in [0.05, 0.1) is 0 Å². The van der Waals surface area contributed by atoms with E-state index in [1.54, 1.807) is 0 Å². The Hall–Kier alpha value is -0.0800. The summed E-state index contributed by atoms with van der Waals surface area (Å²) in [6.07, 6.45) is 14.3. The molecule has 0 radical (unpaired) electrons. The molecule has 2 rings (SSSR count). The van der Waals surface area contributed by atoms with Crippen LogP contribution in [0.3, 0.4) is 0 Å². The van der Waals surface area contributed by atoms with Crippen molar-refractivity contribution in [3.63, 3.8) is 0 Å². The summed E-state index contributed by atoms with van der Waals surface area (Å²) in [5.74, 6) is 0. The van der Waals surface area contributed by atoms with Crippen LogP contribution in [0.4, 0.5) is 0 Å². The second-order valence-electron chi connectivity index (χ2n) is 5.61. The molecule has 16 heavy (non-hydrogen) atoms. The van der Waals surface area contributed by atoms with Crippen LogP contribution in [0.2, 0.25) is 0 Å². The zero-order valence-corrected chi connectivity index (χ0v) is 10.7. The molecule has 0 unspecified atom stereocenters. The molecule has 2 aliphatic rings. The minimum atomic E-state index is 0.857. The number of rotatable bonds is 5. The summed E-state index contributed by atoms with van der Waals surface area (Å²) in [6.45, 7) is 2.11. The maximum absolute atomic E-state index is 5.67. The predicted octanol–water partition coefficient (Wildman–Crippen LogP) is 2.91. The Balaban J connectivity index is 1.86.